The molecule has 136 valence electrons. The maximum absolute atomic E-state index is 13.9. The van der Waals surface area contributed by atoms with E-state index < -0.39 is 0 Å². The molecule has 4 nitrogen and oxygen atoms in total. The SMILES string of the molecule is Fc1ccccc1OCC(NCc1ccc2nc[nH]c2c1)c1ccccc1. The van der Waals surface area contributed by atoms with Gasteiger partial charge in [0.15, 0.2) is 11.6 Å². The van der Waals surface area contributed by atoms with Gasteiger partial charge in [0, 0.05) is 6.54 Å². The summed E-state index contributed by atoms with van der Waals surface area (Å²) in [5.41, 5.74) is 4.18. The largest absolute Gasteiger partial charge is 0.489 e. The van der Waals surface area contributed by atoms with Gasteiger partial charge >= 0.3 is 0 Å². The van der Waals surface area contributed by atoms with Crippen LogP contribution in [0.1, 0.15) is 17.2 Å². The summed E-state index contributed by atoms with van der Waals surface area (Å²) in [6.07, 6.45) is 1.69. The average Bonchev–Trinajstić information content (AvgIpc) is 3.18. The first-order valence-corrected chi connectivity index (χ1v) is 8.87. The molecule has 0 aliphatic heterocycles. The van der Waals surface area contributed by atoms with E-state index in [1.165, 1.54) is 6.07 Å². The van der Waals surface area contributed by atoms with Crippen LogP contribution in [0.15, 0.2) is 79.1 Å². The van der Waals surface area contributed by atoms with Crippen molar-refractivity contribution in [1.82, 2.24) is 15.3 Å². The van der Waals surface area contributed by atoms with Crippen LogP contribution in [0.3, 0.4) is 0 Å². The summed E-state index contributed by atoms with van der Waals surface area (Å²) >= 11 is 0. The van der Waals surface area contributed by atoms with Gasteiger partial charge in [-0.2, -0.15) is 0 Å². The van der Waals surface area contributed by atoms with Crippen LogP contribution in [0, 0.1) is 5.82 Å². The van der Waals surface area contributed by atoms with Crippen molar-refractivity contribution in [3.8, 4) is 5.75 Å². The van der Waals surface area contributed by atoms with E-state index >= 15 is 0 Å². The lowest BCUT2D eigenvalue weighted by Gasteiger charge is -2.20. The van der Waals surface area contributed by atoms with E-state index in [1.807, 2.05) is 36.4 Å². The Kier molecular flexibility index (Phi) is 5.12. The summed E-state index contributed by atoms with van der Waals surface area (Å²) < 4.78 is 19.6. The molecule has 0 amide bonds. The molecule has 4 aromatic rings. The van der Waals surface area contributed by atoms with Crippen LogP contribution in [0.25, 0.3) is 11.0 Å². The first-order valence-electron chi connectivity index (χ1n) is 8.87. The Hall–Kier alpha value is -3.18. The van der Waals surface area contributed by atoms with Gasteiger partial charge < -0.3 is 15.0 Å². The Bertz CT molecular complexity index is 1020. The fourth-order valence-electron chi connectivity index (χ4n) is 3.03. The van der Waals surface area contributed by atoms with Gasteiger partial charge in [-0.1, -0.05) is 48.5 Å². The number of benzene rings is 3. The van der Waals surface area contributed by atoms with Crippen molar-refractivity contribution in [1.29, 1.82) is 0 Å². The summed E-state index contributed by atoms with van der Waals surface area (Å²) in [4.78, 5) is 7.37. The minimum atomic E-state index is -0.353. The fourth-order valence-corrected chi connectivity index (χ4v) is 3.03. The van der Waals surface area contributed by atoms with Crippen molar-refractivity contribution in [3.63, 3.8) is 0 Å². The topological polar surface area (TPSA) is 49.9 Å². The van der Waals surface area contributed by atoms with Crippen molar-refractivity contribution >= 4 is 11.0 Å². The number of H-pyrrole nitrogens is 1. The molecule has 4 rings (SSSR count). The van der Waals surface area contributed by atoms with E-state index in [0.29, 0.717) is 13.2 Å². The van der Waals surface area contributed by atoms with Gasteiger partial charge in [0.1, 0.15) is 6.61 Å². The summed E-state index contributed by atoms with van der Waals surface area (Å²) in [6.45, 7) is 0.992. The lowest BCUT2D eigenvalue weighted by atomic mass is 10.1. The summed E-state index contributed by atoms with van der Waals surface area (Å²) in [7, 11) is 0. The smallest absolute Gasteiger partial charge is 0.165 e. The van der Waals surface area contributed by atoms with Crippen LogP contribution in [-0.4, -0.2) is 16.6 Å². The Morgan fingerprint density at radius 3 is 2.67 bits per heavy atom. The third-order valence-electron chi connectivity index (χ3n) is 4.48. The molecule has 5 heteroatoms. The Morgan fingerprint density at radius 2 is 1.81 bits per heavy atom. The predicted molar refractivity (Wildman–Crippen MR) is 104 cm³/mol. The van der Waals surface area contributed by atoms with Crippen LogP contribution < -0.4 is 10.1 Å². The normalized spacial score (nSPS) is 12.2. The number of nitrogens with one attached hydrogen (secondary N) is 2. The highest BCUT2D eigenvalue weighted by atomic mass is 19.1. The third kappa shape index (κ3) is 4.15. The summed E-state index contributed by atoms with van der Waals surface area (Å²) in [5, 5.41) is 3.52. The number of hydrogen-bond acceptors (Lipinski definition) is 3. The second-order valence-electron chi connectivity index (χ2n) is 6.34. The number of imidazole rings is 1. The molecule has 0 aliphatic rings. The lowest BCUT2D eigenvalue weighted by molar-refractivity contribution is 0.254. The lowest BCUT2D eigenvalue weighted by Crippen LogP contribution is -2.26. The first-order chi connectivity index (χ1) is 13.3. The predicted octanol–water partition coefficient (Wildman–Crippen LogP) is 4.61. The van der Waals surface area contributed by atoms with Gasteiger partial charge in [-0.25, -0.2) is 9.37 Å². The van der Waals surface area contributed by atoms with E-state index in [2.05, 4.69) is 27.4 Å². The third-order valence-corrected chi connectivity index (χ3v) is 4.48. The molecule has 0 saturated carbocycles. The molecular formula is C22H20FN3O. The van der Waals surface area contributed by atoms with Gasteiger partial charge in [-0.15, -0.1) is 0 Å². The molecule has 2 N–H and O–H groups in total. The number of aromatic nitrogens is 2. The van der Waals surface area contributed by atoms with E-state index in [9.17, 15) is 4.39 Å². The van der Waals surface area contributed by atoms with Crippen LogP contribution in [-0.2, 0) is 6.54 Å². The van der Waals surface area contributed by atoms with Crippen LogP contribution in [0.2, 0.25) is 0 Å². The highest BCUT2D eigenvalue weighted by Crippen LogP contribution is 2.20. The number of nitrogens with zero attached hydrogens (tertiary/aromatic N) is 1. The van der Waals surface area contributed by atoms with E-state index in [4.69, 9.17) is 4.74 Å². The number of fused-ring (bicyclic) bond motifs is 1. The van der Waals surface area contributed by atoms with Crippen LogP contribution >= 0.6 is 0 Å². The zero-order valence-corrected chi connectivity index (χ0v) is 14.7. The zero-order chi connectivity index (χ0) is 18.5. The van der Waals surface area contributed by atoms with Crippen molar-refractivity contribution in [3.05, 3.63) is 96.1 Å². The quantitative estimate of drug-likeness (QED) is 0.505. The second kappa shape index (κ2) is 8.01. The molecule has 1 heterocycles. The molecule has 0 aliphatic carbocycles. The van der Waals surface area contributed by atoms with E-state index in [-0.39, 0.29) is 17.6 Å². The molecule has 1 unspecified atom stereocenters. The van der Waals surface area contributed by atoms with E-state index in [1.54, 1.807) is 24.5 Å². The number of ether oxygens (including phenoxy) is 1. The molecule has 0 bridgehead atoms. The minimum absolute atomic E-state index is 0.0664. The Balaban J connectivity index is 1.48. The molecule has 0 radical (unpaired) electrons. The monoisotopic (exact) mass is 361 g/mol. The number of para-hydroxylation sites is 1. The molecule has 1 atom stereocenters. The minimum Gasteiger partial charge on any atom is -0.489 e. The molecule has 3 aromatic carbocycles. The maximum atomic E-state index is 13.9. The van der Waals surface area contributed by atoms with Gasteiger partial charge in [0.2, 0.25) is 0 Å². The molecule has 0 spiro atoms. The Labute approximate surface area is 157 Å². The van der Waals surface area contributed by atoms with Gasteiger partial charge in [-0.05, 0) is 35.4 Å². The standard InChI is InChI=1S/C22H20FN3O/c23-18-8-4-5-9-22(18)27-14-21(17-6-2-1-3-7-17)24-13-16-10-11-19-20(12-16)26-15-25-19/h1-12,15,21,24H,13-14H2,(H,25,26). The fraction of sp³-hybridized carbons (Fsp3) is 0.136. The highest BCUT2D eigenvalue weighted by molar-refractivity contribution is 5.75. The molecule has 1 aromatic heterocycles. The second-order valence-corrected chi connectivity index (χ2v) is 6.34. The van der Waals surface area contributed by atoms with E-state index in [0.717, 1.165) is 22.2 Å². The molecule has 27 heavy (non-hydrogen) atoms. The van der Waals surface area contributed by atoms with Gasteiger partial charge in [-0.3, -0.25) is 0 Å². The summed E-state index contributed by atoms with van der Waals surface area (Å²) in [5.74, 6) is -0.0897. The maximum Gasteiger partial charge on any atom is 0.165 e. The molecular weight excluding hydrogens is 341 g/mol. The van der Waals surface area contributed by atoms with Gasteiger partial charge in [0.25, 0.3) is 0 Å². The van der Waals surface area contributed by atoms with Crippen molar-refractivity contribution in [2.24, 2.45) is 0 Å². The van der Waals surface area contributed by atoms with Crippen molar-refractivity contribution in [2.75, 3.05) is 6.61 Å². The van der Waals surface area contributed by atoms with Gasteiger partial charge in [0.05, 0.1) is 23.4 Å². The number of rotatable bonds is 7. The average molecular weight is 361 g/mol. The highest BCUT2D eigenvalue weighted by Gasteiger charge is 2.13. The number of aromatic amines is 1. The molecule has 0 fully saturated rings. The van der Waals surface area contributed by atoms with Crippen LogP contribution in [0.4, 0.5) is 4.39 Å². The van der Waals surface area contributed by atoms with Crippen LogP contribution in [0.5, 0.6) is 5.75 Å². The molecule has 0 saturated heterocycles. The Morgan fingerprint density at radius 1 is 1.00 bits per heavy atom. The van der Waals surface area contributed by atoms with Crippen molar-refractivity contribution < 1.29 is 9.13 Å². The summed E-state index contributed by atoms with van der Waals surface area (Å²) in [6, 6.07) is 22.6. The zero-order valence-electron chi connectivity index (χ0n) is 14.7. The van der Waals surface area contributed by atoms with Crippen molar-refractivity contribution in [2.45, 2.75) is 12.6 Å². The number of halogens is 1. The number of hydrogen-bond donors (Lipinski definition) is 2. The first kappa shape index (κ1) is 17.2.